The maximum absolute atomic E-state index is 12.4. The molecule has 6 heterocycles. The number of rotatable bonds is 15. The van der Waals surface area contributed by atoms with Crippen molar-refractivity contribution in [3.05, 3.63) is 22.7 Å². The Balaban J connectivity index is 1.07. The third-order valence-corrected chi connectivity index (χ3v) is 13.2. The van der Waals surface area contributed by atoms with Gasteiger partial charge in [-0.1, -0.05) is 6.92 Å². The van der Waals surface area contributed by atoms with E-state index in [0.29, 0.717) is 19.4 Å². The quantitative estimate of drug-likeness (QED) is 0.0736. The van der Waals surface area contributed by atoms with Gasteiger partial charge in [0.15, 0.2) is 6.35 Å². The molecule has 24 nitrogen and oxygen atoms in total. The van der Waals surface area contributed by atoms with E-state index in [1.54, 1.807) is 4.90 Å². The van der Waals surface area contributed by atoms with Crippen molar-refractivity contribution < 1.29 is 57.1 Å². The van der Waals surface area contributed by atoms with Gasteiger partial charge in [-0.25, -0.2) is 9.69 Å². The smallest absolute Gasteiger partial charge is 0.351 e. The maximum atomic E-state index is 12.4. The van der Waals surface area contributed by atoms with Crippen molar-refractivity contribution >= 4 is 48.8 Å². The molecule has 6 rings (SSSR count). The van der Waals surface area contributed by atoms with Gasteiger partial charge in [0.25, 0.3) is 0 Å². The fourth-order valence-corrected chi connectivity index (χ4v) is 10.0. The molecule has 28 heteroatoms. The van der Waals surface area contributed by atoms with Crippen molar-refractivity contribution in [2.45, 2.75) is 113 Å². The molecule has 7 unspecified atom stereocenters. The van der Waals surface area contributed by atoms with Crippen LogP contribution in [-0.2, 0) is 60.7 Å². The van der Waals surface area contributed by atoms with Crippen molar-refractivity contribution in [3.63, 3.8) is 0 Å². The number of aromatic nitrogens is 2. The average molecular weight is 876 g/mol. The summed E-state index contributed by atoms with van der Waals surface area (Å²) in [6.45, 7) is -6.87. The van der Waals surface area contributed by atoms with Crippen LogP contribution in [0.2, 0.25) is 0 Å². The van der Waals surface area contributed by atoms with E-state index in [0.717, 1.165) is 0 Å². The average Bonchev–Trinajstić information content (AvgIpc) is 3.80. The van der Waals surface area contributed by atoms with Gasteiger partial charge >= 0.3 is 19.1 Å². The number of nitrogen functional groups attached to an aromatic ring is 1. The molecule has 16 atom stereocenters. The first-order valence-corrected chi connectivity index (χ1v) is 23.1. The van der Waals surface area contributed by atoms with Crippen molar-refractivity contribution in [1.82, 2.24) is 35.7 Å². The summed E-state index contributed by atoms with van der Waals surface area (Å²) >= 11 is 10.7. The van der Waals surface area contributed by atoms with Crippen LogP contribution in [0.4, 0.5) is 5.82 Å². The molecule has 0 bridgehead atoms. The minimum absolute atomic E-state index is 0.0769. The van der Waals surface area contributed by atoms with E-state index in [1.807, 2.05) is 6.92 Å². The van der Waals surface area contributed by atoms with Gasteiger partial charge in [-0.3, -0.25) is 31.0 Å². The Bertz CT molecular complexity index is 1700. The lowest BCUT2D eigenvalue weighted by molar-refractivity contribution is -0.159. The van der Waals surface area contributed by atoms with E-state index in [2.05, 4.69) is 26.3 Å². The number of nitrogens with zero attached hydrogens (tertiary/aromatic N) is 3. The number of aliphatic hydroxyl groups excluding tert-OH is 2. The first kappa shape index (κ1) is 44.3. The number of anilines is 1. The summed E-state index contributed by atoms with van der Waals surface area (Å²) < 4.78 is 42.6. The summed E-state index contributed by atoms with van der Waals surface area (Å²) in [6.07, 6.45) is -7.24. The normalized spacial score (nSPS) is 40.3. The molecule has 5 fully saturated rings. The number of nitrogens with two attached hydrogens (primary N) is 4. The van der Waals surface area contributed by atoms with Crippen molar-refractivity contribution in [2.24, 2.45) is 23.1 Å². The number of carbonyl (C=O) groups excluding carboxylic acids is 1. The Morgan fingerprint density at radius 2 is 1.64 bits per heavy atom. The number of nitrogens with one attached hydrogen (secondary N) is 4. The van der Waals surface area contributed by atoms with Gasteiger partial charge in [0, 0.05) is 25.6 Å². The molecule has 1 aromatic heterocycles. The van der Waals surface area contributed by atoms with Crippen LogP contribution in [0.25, 0.3) is 0 Å². The zero-order valence-corrected chi connectivity index (χ0v) is 33.6. The van der Waals surface area contributed by atoms with E-state index in [-0.39, 0.29) is 31.2 Å². The van der Waals surface area contributed by atoms with Gasteiger partial charge in [0.1, 0.15) is 49.0 Å². The van der Waals surface area contributed by atoms with Gasteiger partial charge in [-0.05, 0) is 48.4 Å². The zero-order valence-electron chi connectivity index (χ0n) is 30.2. The van der Waals surface area contributed by atoms with E-state index in [9.17, 15) is 29.6 Å². The van der Waals surface area contributed by atoms with E-state index >= 15 is 0 Å². The maximum Gasteiger partial charge on any atom is 0.351 e. The van der Waals surface area contributed by atoms with Crippen molar-refractivity contribution in [2.75, 3.05) is 32.1 Å². The molecule has 5 saturated heterocycles. The topological polar surface area (TPSA) is 353 Å². The Morgan fingerprint density at radius 1 is 0.982 bits per heavy atom. The molecule has 318 valence electrons. The molecule has 56 heavy (non-hydrogen) atoms. The molecule has 1 amide bonds. The summed E-state index contributed by atoms with van der Waals surface area (Å²) in [5.74, 6) is -0.495. The Kier molecular flexibility index (Phi) is 14.7. The SMILES string of the molecule is C[C@@H]1C[C@H](n2ccc(N)nc2=O)O[C@@H]1COP(O)(=S)O[C@@H]1C[C@H](N2CC[C@H](N)NC2O)O[C@@H]1COP(O)(=S)O[C@@H]1CC(NC2NC(N)NC(=O)C2N)O[C@@H]1CO. The highest BCUT2D eigenvalue weighted by Crippen LogP contribution is 2.51. The first-order chi connectivity index (χ1) is 26.4. The molecule has 0 aromatic carbocycles. The van der Waals surface area contributed by atoms with Crippen LogP contribution in [0.3, 0.4) is 0 Å². The Hall–Kier alpha value is -1.27. The first-order valence-electron chi connectivity index (χ1n) is 17.9. The largest absolute Gasteiger partial charge is 0.394 e. The molecule has 5 aliphatic heterocycles. The molecule has 0 radical (unpaired) electrons. The monoisotopic (exact) mass is 875 g/mol. The lowest BCUT2D eigenvalue weighted by Crippen LogP contribution is -2.74. The van der Waals surface area contributed by atoms with Crippen LogP contribution >= 0.6 is 13.4 Å². The number of hydrogen-bond donors (Lipinski definition) is 12. The molecule has 0 aliphatic carbocycles. The predicted octanol–water partition coefficient (Wildman–Crippen LogP) is -4.73. The van der Waals surface area contributed by atoms with Gasteiger partial charge in [-0.15, -0.1) is 0 Å². The number of carbonyl (C=O) groups is 1. The fourth-order valence-electron chi connectivity index (χ4n) is 7.06. The molecule has 16 N–H and O–H groups in total. The second-order valence-corrected chi connectivity index (χ2v) is 19.7. The molecule has 5 aliphatic rings. The summed E-state index contributed by atoms with van der Waals surface area (Å²) in [5.41, 5.74) is 22.8. The van der Waals surface area contributed by atoms with Gasteiger partial charge < -0.3 is 74.8 Å². The number of amides is 1. The highest BCUT2D eigenvalue weighted by Gasteiger charge is 2.47. The van der Waals surface area contributed by atoms with Gasteiger partial charge in [0.05, 0.1) is 50.5 Å². The number of aliphatic hydroxyl groups is 2. The van der Waals surface area contributed by atoms with Gasteiger partial charge in [-0.2, -0.15) is 4.98 Å². The van der Waals surface area contributed by atoms with Crippen LogP contribution in [0, 0.1) is 5.92 Å². The van der Waals surface area contributed by atoms with E-state index in [4.69, 9.17) is 78.9 Å². The zero-order chi connectivity index (χ0) is 40.5. The molecule has 0 spiro atoms. The lowest BCUT2D eigenvalue weighted by Gasteiger charge is -2.39. The van der Waals surface area contributed by atoms with Crippen LogP contribution in [0.1, 0.15) is 38.8 Å². The predicted molar refractivity (Wildman–Crippen MR) is 201 cm³/mol. The summed E-state index contributed by atoms with van der Waals surface area (Å²) in [4.78, 5) is 52.2. The molecular formula is C28H51N11O13P2S2. The van der Waals surface area contributed by atoms with Crippen LogP contribution < -0.4 is 49.9 Å². The molecular weight excluding hydrogens is 824 g/mol. The number of hydrogen-bond acceptors (Lipinski definition) is 22. The van der Waals surface area contributed by atoms with Crippen LogP contribution in [-0.4, -0.2) is 141 Å². The third-order valence-electron chi connectivity index (χ3n) is 10.0. The standard InChI is InChI=1S/C28H51N11O13P2S2/c1-12-6-21(38-4-2-18(29)33-27(38)42)49-16(12)10-46-53(44,55)52-14-8-22(39-5-3-19(30)34-28(39)43)50-17(14)11-47-54(45,56)51-13-7-20(48-15(13)9-40)35-24-23(31)25(41)37-26(32)36-24/h2,4,12-17,19-24,26,28,34-36,40,43H,3,5-11,30-32H2,1H3,(H,37,41)(H,44,55)(H,45,56)(H2,29,33,42)/t12-,13-,14-,15-,16-,17-,19-,20?,21-,22-,23?,24?,26?,28?,53?,54?/m1/s1. The third kappa shape index (κ3) is 11.1. The van der Waals surface area contributed by atoms with Gasteiger partial charge in [0.2, 0.25) is 5.91 Å². The highest BCUT2D eigenvalue weighted by molar-refractivity contribution is 8.07. The second-order valence-electron chi connectivity index (χ2n) is 14.1. The lowest BCUT2D eigenvalue weighted by atomic mass is 10.0. The summed E-state index contributed by atoms with van der Waals surface area (Å²) in [7, 11) is 0. The number of ether oxygens (including phenoxy) is 3. The summed E-state index contributed by atoms with van der Waals surface area (Å²) in [6, 6.07) is 0.487. The second kappa shape index (κ2) is 18.6. The fraction of sp³-hybridized carbons (Fsp3) is 0.821. The van der Waals surface area contributed by atoms with E-state index < -0.39 is 118 Å². The minimum atomic E-state index is -4.07. The Labute approximate surface area is 331 Å². The molecule has 0 saturated carbocycles. The summed E-state index contributed by atoms with van der Waals surface area (Å²) in [5, 5.41) is 31.9. The molecule has 1 aromatic rings. The minimum Gasteiger partial charge on any atom is -0.394 e. The van der Waals surface area contributed by atoms with Crippen LogP contribution in [0.15, 0.2) is 17.1 Å². The van der Waals surface area contributed by atoms with Crippen LogP contribution in [0.5, 0.6) is 0 Å². The van der Waals surface area contributed by atoms with Crippen molar-refractivity contribution in [1.29, 1.82) is 0 Å². The van der Waals surface area contributed by atoms with E-state index in [1.165, 1.54) is 16.8 Å². The highest BCUT2D eigenvalue weighted by atomic mass is 32.5. The Morgan fingerprint density at radius 3 is 2.30 bits per heavy atom. The van der Waals surface area contributed by atoms with Crippen molar-refractivity contribution in [3.8, 4) is 0 Å².